The van der Waals surface area contributed by atoms with E-state index in [2.05, 4.69) is 27.5 Å². The summed E-state index contributed by atoms with van der Waals surface area (Å²) in [6.07, 6.45) is 2.79. The van der Waals surface area contributed by atoms with Crippen LogP contribution in [0.1, 0.15) is 17.1 Å². The minimum atomic E-state index is 0.851. The minimum Gasteiger partial charge on any atom is -0.311 e. The zero-order valence-electron chi connectivity index (χ0n) is 10.3. The number of nitrogens with one attached hydrogen (secondary N) is 1. The van der Waals surface area contributed by atoms with Gasteiger partial charge in [0.15, 0.2) is 0 Å². The molecular formula is C13H18N4. The quantitative estimate of drug-likeness (QED) is 0.791. The van der Waals surface area contributed by atoms with Gasteiger partial charge in [-0.2, -0.15) is 5.10 Å². The number of nitrogens with zero attached hydrogens (tertiary/aromatic N) is 3. The Morgan fingerprint density at radius 1 is 1.35 bits per heavy atom. The number of rotatable bonds is 5. The monoisotopic (exact) mass is 230 g/mol. The minimum absolute atomic E-state index is 0.851. The fourth-order valence-corrected chi connectivity index (χ4v) is 1.81. The molecule has 0 aromatic carbocycles. The second-order valence-electron chi connectivity index (χ2n) is 4.15. The van der Waals surface area contributed by atoms with Gasteiger partial charge >= 0.3 is 0 Å². The smallest absolute Gasteiger partial charge is 0.0597 e. The van der Waals surface area contributed by atoms with Crippen molar-refractivity contribution in [1.82, 2.24) is 20.1 Å². The standard InChI is InChI=1S/C13H18N4/c1-11-9-13(17(2)16-11)10-14-8-6-12-5-3-4-7-15-12/h3-5,7,9,14H,6,8,10H2,1-2H3. The van der Waals surface area contributed by atoms with Gasteiger partial charge in [0.05, 0.1) is 11.4 Å². The highest BCUT2D eigenvalue weighted by Crippen LogP contribution is 2.01. The Hall–Kier alpha value is -1.68. The summed E-state index contributed by atoms with van der Waals surface area (Å²) in [7, 11) is 1.97. The Morgan fingerprint density at radius 2 is 2.24 bits per heavy atom. The van der Waals surface area contributed by atoms with E-state index in [4.69, 9.17) is 0 Å². The molecule has 2 aromatic rings. The molecule has 0 saturated carbocycles. The Labute approximate surface area is 102 Å². The highest BCUT2D eigenvalue weighted by Gasteiger charge is 2.00. The lowest BCUT2D eigenvalue weighted by Gasteiger charge is -2.04. The van der Waals surface area contributed by atoms with Crippen LogP contribution in [0.25, 0.3) is 0 Å². The molecule has 0 atom stereocenters. The van der Waals surface area contributed by atoms with E-state index in [1.165, 1.54) is 5.69 Å². The molecule has 0 amide bonds. The van der Waals surface area contributed by atoms with Crippen LogP contribution in [0, 0.1) is 6.92 Å². The van der Waals surface area contributed by atoms with Crippen molar-refractivity contribution in [3.63, 3.8) is 0 Å². The first-order valence-corrected chi connectivity index (χ1v) is 5.86. The van der Waals surface area contributed by atoms with Crippen molar-refractivity contribution in [2.24, 2.45) is 7.05 Å². The number of hydrogen-bond acceptors (Lipinski definition) is 3. The van der Waals surface area contributed by atoms with Crippen LogP contribution < -0.4 is 5.32 Å². The molecule has 0 aliphatic rings. The highest BCUT2D eigenvalue weighted by molar-refractivity contribution is 5.08. The normalized spacial score (nSPS) is 10.7. The van der Waals surface area contributed by atoms with E-state index in [0.29, 0.717) is 0 Å². The summed E-state index contributed by atoms with van der Waals surface area (Å²) in [5.41, 5.74) is 3.40. The predicted octanol–water partition coefficient (Wildman–Crippen LogP) is 1.46. The largest absolute Gasteiger partial charge is 0.311 e. The van der Waals surface area contributed by atoms with Gasteiger partial charge in [-0.3, -0.25) is 9.67 Å². The molecule has 0 saturated heterocycles. The lowest BCUT2D eigenvalue weighted by molar-refractivity contribution is 0.621. The maximum atomic E-state index is 4.31. The molecule has 2 heterocycles. The molecule has 17 heavy (non-hydrogen) atoms. The van der Waals surface area contributed by atoms with E-state index >= 15 is 0 Å². The SMILES string of the molecule is Cc1cc(CNCCc2ccccn2)n(C)n1. The van der Waals surface area contributed by atoms with Gasteiger partial charge in [0.1, 0.15) is 0 Å². The summed E-state index contributed by atoms with van der Waals surface area (Å²) in [6.45, 7) is 3.79. The van der Waals surface area contributed by atoms with Gasteiger partial charge in [0.2, 0.25) is 0 Å². The van der Waals surface area contributed by atoms with E-state index in [9.17, 15) is 0 Å². The highest BCUT2D eigenvalue weighted by atomic mass is 15.3. The van der Waals surface area contributed by atoms with Gasteiger partial charge in [0.25, 0.3) is 0 Å². The van der Waals surface area contributed by atoms with Crippen LogP contribution in [0.2, 0.25) is 0 Å². The molecule has 1 N–H and O–H groups in total. The summed E-state index contributed by atoms with van der Waals surface area (Å²) in [4.78, 5) is 4.29. The van der Waals surface area contributed by atoms with Crippen molar-refractivity contribution in [3.05, 3.63) is 47.5 Å². The van der Waals surface area contributed by atoms with E-state index in [1.54, 1.807) is 0 Å². The molecular weight excluding hydrogens is 212 g/mol. The maximum absolute atomic E-state index is 4.31. The zero-order valence-corrected chi connectivity index (χ0v) is 10.3. The van der Waals surface area contributed by atoms with Crippen molar-refractivity contribution in [2.45, 2.75) is 19.9 Å². The van der Waals surface area contributed by atoms with Crippen molar-refractivity contribution in [1.29, 1.82) is 0 Å². The Kier molecular flexibility index (Phi) is 3.88. The average Bonchev–Trinajstić information content (AvgIpc) is 2.65. The van der Waals surface area contributed by atoms with Crippen LogP contribution in [0.4, 0.5) is 0 Å². The fourth-order valence-electron chi connectivity index (χ4n) is 1.81. The van der Waals surface area contributed by atoms with Crippen molar-refractivity contribution < 1.29 is 0 Å². The van der Waals surface area contributed by atoms with Crippen LogP contribution >= 0.6 is 0 Å². The van der Waals surface area contributed by atoms with Crippen LogP contribution in [0.5, 0.6) is 0 Å². The molecule has 0 bridgehead atoms. The van der Waals surface area contributed by atoms with Gasteiger partial charge in [0, 0.05) is 38.4 Å². The lowest BCUT2D eigenvalue weighted by Crippen LogP contribution is -2.18. The number of hydrogen-bond donors (Lipinski definition) is 1. The molecule has 0 fully saturated rings. The van der Waals surface area contributed by atoms with Crippen LogP contribution in [0.3, 0.4) is 0 Å². The third-order valence-corrected chi connectivity index (χ3v) is 2.69. The number of pyridine rings is 1. The van der Waals surface area contributed by atoms with Crippen LogP contribution in [-0.4, -0.2) is 21.3 Å². The number of aryl methyl sites for hydroxylation is 2. The molecule has 0 aliphatic heterocycles. The van der Waals surface area contributed by atoms with E-state index < -0.39 is 0 Å². The van der Waals surface area contributed by atoms with E-state index in [1.807, 2.05) is 37.0 Å². The van der Waals surface area contributed by atoms with Crippen molar-refractivity contribution in [2.75, 3.05) is 6.54 Å². The molecule has 4 heteroatoms. The molecule has 0 spiro atoms. The van der Waals surface area contributed by atoms with Crippen LogP contribution in [-0.2, 0) is 20.0 Å². The summed E-state index contributed by atoms with van der Waals surface area (Å²) < 4.78 is 1.92. The molecule has 0 radical (unpaired) electrons. The van der Waals surface area contributed by atoms with E-state index in [-0.39, 0.29) is 0 Å². The summed E-state index contributed by atoms with van der Waals surface area (Å²) in [6, 6.07) is 8.12. The van der Waals surface area contributed by atoms with Gasteiger partial charge in [-0.15, -0.1) is 0 Å². The Bertz CT molecular complexity index is 462. The predicted molar refractivity (Wildman–Crippen MR) is 67.6 cm³/mol. The fraction of sp³-hybridized carbons (Fsp3) is 0.385. The van der Waals surface area contributed by atoms with Gasteiger partial charge in [-0.1, -0.05) is 6.07 Å². The Morgan fingerprint density at radius 3 is 2.88 bits per heavy atom. The summed E-state index contributed by atoms with van der Waals surface area (Å²) in [5, 5.41) is 7.72. The summed E-state index contributed by atoms with van der Waals surface area (Å²) >= 11 is 0. The first kappa shape index (κ1) is 11.8. The topological polar surface area (TPSA) is 42.7 Å². The molecule has 0 aliphatic carbocycles. The third-order valence-electron chi connectivity index (χ3n) is 2.69. The maximum Gasteiger partial charge on any atom is 0.0597 e. The zero-order chi connectivity index (χ0) is 12.1. The first-order chi connectivity index (χ1) is 8.25. The van der Waals surface area contributed by atoms with Crippen molar-refractivity contribution >= 4 is 0 Å². The molecule has 2 rings (SSSR count). The van der Waals surface area contributed by atoms with E-state index in [0.717, 1.165) is 30.9 Å². The first-order valence-electron chi connectivity index (χ1n) is 5.86. The molecule has 4 nitrogen and oxygen atoms in total. The van der Waals surface area contributed by atoms with Gasteiger partial charge < -0.3 is 5.32 Å². The average molecular weight is 230 g/mol. The van der Waals surface area contributed by atoms with Crippen LogP contribution in [0.15, 0.2) is 30.5 Å². The third kappa shape index (κ3) is 3.39. The second-order valence-corrected chi connectivity index (χ2v) is 4.15. The molecule has 0 unspecified atom stereocenters. The molecule has 2 aromatic heterocycles. The second kappa shape index (κ2) is 5.59. The molecule has 90 valence electrons. The Balaban J connectivity index is 1.75. The van der Waals surface area contributed by atoms with Crippen molar-refractivity contribution in [3.8, 4) is 0 Å². The lowest BCUT2D eigenvalue weighted by atomic mass is 10.2. The van der Waals surface area contributed by atoms with Gasteiger partial charge in [-0.05, 0) is 25.1 Å². The number of aromatic nitrogens is 3. The van der Waals surface area contributed by atoms with Gasteiger partial charge in [-0.25, -0.2) is 0 Å². The summed E-state index contributed by atoms with van der Waals surface area (Å²) in [5.74, 6) is 0.